The first-order chi connectivity index (χ1) is 8.83. The number of aliphatic hydroxyl groups is 1. The lowest BCUT2D eigenvalue weighted by Crippen LogP contribution is -1.96. The molecule has 18 heavy (non-hydrogen) atoms. The Hall–Kier alpha value is -1.87. The van der Waals surface area contributed by atoms with Crippen molar-refractivity contribution >= 4 is 0 Å². The molecule has 0 saturated carbocycles. The van der Waals surface area contributed by atoms with E-state index in [0.717, 1.165) is 29.7 Å². The van der Waals surface area contributed by atoms with Crippen LogP contribution in [0.1, 0.15) is 29.2 Å². The zero-order chi connectivity index (χ0) is 12.4. The van der Waals surface area contributed by atoms with Gasteiger partial charge in [0, 0.05) is 12.4 Å². The summed E-state index contributed by atoms with van der Waals surface area (Å²) in [4.78, 5) is 3.97. The van der Waals surface area contributed by atoms with Crippen LogP contribution in [0.4, 0.5) is 0 Å². The highest BCUT2D eigenvalue weighted by Gasteiger charge is 2.20. The molecule has 0 fully saturated rings. The third-order valence-electron chi connectivity index (χ3n) is 3.32. The summed E-state index contributed by atoms with van der Waals surface area (Å²) >= 11 is 0. The molecule has 3 nitrogen and oxygen atoms in total. The topological polar surface area (TPSA) is 42.4 Å². The number of hydrogen-bond acceptors (Lipinski definition) is 3. The van der Waals surface area contributed by atoms with Crippen LogP contribution < -0.4 is 4.74 Å². The van der Waals surface area contributed by atoms with Crippen LogP contribution in [-0.4, -0.2) is 10.1 Å². The van der Waals surface area contributed by atoms with Gasteiger partial charge in [-0.2, -0.15) is 0 Å². The molecule has 0 amide bonds. The van der Waals surface area contributed by atoms with Gasteiger partial charge in [-0.25, -0.2) is 0 Å². The molecule has 92 valence electrons. The number of rotatable bonds is 3. The number of ether oxygens (including phenoxy) is 1. The van der Waals surface area contributed by atoms with E-state index in [0.29, 0.717) is 6.61 Å². The lowest BCUT2D eigenvalue weighted by Gasteiger charge is -2.09. The van der Waals surface area contributed by atoms with E-state index in [1.165, 1.54) is 5.56 Å². The van der Waals surface area contributed by atoms with Crippen LogP contribution in [-0.2, 0) is 13.0 Å². The van der Waals surface area contributed by atoms with Gasteiger partial charge < -0.3 is 9.84 Å². The Morgan fingerprint density at radius 3 is 2.89 bits per heavy atom. The maximum Gasteiger partial charge on any atom is 0.120 e. The SMILES string of the molecule is O[C@H]1CCc2cc(OCc3ccncc3)ccc21. The minimum absolute atomic E-state index is 0.297. The number of aromatic nitrogens is 1. The zero-order valence-electron chi connectivity index (χ0n) is 10.0. The molecule has 1 N–H and O–H groups in total. The molecule has 3 heteroatoms. The van der Waals surface area contributed by atoms with Crippen LogP contribution in [0, 0.1) is 0 Å². The van der Waals surface area contributed by atoms with Gasteiger partial charge in [0.05, 0.1) is 6.10 Å². The van der Waals surface area contributed by atoms with Crippen molar-refractivity contribution in [2.24, 2.45) is 0 Å². The van der Waals surface area contributed by atoms with Crippen molar-refractivity contribution in [3.63, 3.8) is 0 Å². The van der Waals surface area contributed by atoms with Crippen molar-refractivity contribution in [2.45, 2.75) is 25.6 Å². The summed E-state index contributed by atoms with van der Waals surface area (Å²) in [5.74, 6) is 0.861. The summed E-state index contributed by atoms with van der Waals surface area (Å²) in [5.41, 5.74) is 3.35. The number of benzene rings is 1. The van der Waals surface area contributed by atoms with Crippen molar-refractivity contribution in [1.29, 1.82) is 0 Å². The molecule has 0 saturated heterocycles. The minimum atomic E-state index is -0.297. The van der Waals surface area contributed by atoms with Crippen molar-refractivity contribution in [1.82, 2.24) is 4.98 Å². The predicted octanol–water partition coefficient (Wildman–Crippen LogP) is 2.64. The largest absolute Gasteiger partial charge is 0.489 e. The van der Waals surface area contributed by atoms with Crippen LogP contribution in [0.3, 0.4) is 0 Å². The van der Waals surface area contributed by atoms with E-state index in [2.05, 4.69) is 4.98 Å². The van der Waals surface area contributed by atoms with E-state index in [4.69, 9.17) is 4.74 Å². The normalized spacial score (nSPS) is 17.5. The fourth-order valence-corrected chi connectivity index (χ4v) is 2.31. The van der Waals surface area contributed by atoms with E-state index in [9.17, 15) is 5.11 Å². The van der Waals surface area contributed by atoms with Crippen LogP contribution in [0.2, 0.25) is 0 Å². The highest BCUT2D eigenvalue weighted by Crippen LogP contribution is 2.33. The van der Waals surface area contributed by atoms with Gasteiger partial charge >= 0.3 is 0 Å². The molecule has 0 radical (unpaired) electrons. The average Bonchev–Trinajstić information content (AvgIpc) is 2.79. The number of nitrogens with zero attached hydrogens (tertiary/aromatic N) is 1. The number of aliphatic hydroxyl groups excluding tert-OH is 1. The second kappa shape index (κ2) is 4.78. The second-order valence-corrected chi connectivity index (χ2v) is 4.56. The Bertz CT molecular complexity index is 539. The van der Waals surface area contributed by atoms with Gasteiger partial charge in [0.15, 0.2) is 0 Å². The Balaban J connectivity index is 1.71. The highest BCUT2D eigenvalue weighted by atomic mass is 16.5. The van der Waals surface area contributed by atoms with Gasteiger partial charge in [-0.05, 0) is 53.8 Å². The van der Waals surface area contributed by atoms with Gasteiger partial charge in [-0.3, -0.25) is 4.98 Å². The van der Waals surface area contributed by atoms with Crippen molar-refractivity contribution in [3.05, 3.63) is 59.4 Å². The average molecular weight is 241 g/mol. The van der Waals surface area contributed by atoms with Crippen molar-refractivity contribution < 1.29 is 9.84 Å². The monoisotopic (exact) mass is 241 g/mol. The summed E-state index contributed by atoms with van der Waals surface area (Å²) in [5, 5.41) is 9.73. The molecule has 1 aromatic heterocycles. The molecule has 1 aliphatic carbocycles. The third-order valence-corrected chi connectivity index (χ3v) is 3.32. The van der Waals surface area contributed by atoms with Crippen LogP contribution in [0.25, 0.3) is 0 Å². The Morgan fingerprint density at radius 1 is 1.22 bits per heavy atom. The number of aryl methyl sites for hydroxylation is 1. The Kier molecular flexibility index (Phi) is 2.99. The predicted molar refractivity (Wildman–Crippen MR) is 68.3 cm³/mol. The van der Waals surface area contributed by atoms with Gasteiger partial charge in [0.1, 0.15) is 12.4 Å². The standard InChI is InChI=1S/C15H15NO2/c17-15-4-1-12-9-13(2-3-14(12)15)18-10-11-5-7-16-8-6-11/h2-3,5-9,15,17H,1,4,10H2/t15-/m0/s1. The highest BCUT2D eigenvalue weighted by molar-refractivity contribution is 5.39. The molecule has 3 rings (SSSR count). The Labute approximate surface area is 106 Å². The van der Waals surface area contributed by atoms with E-state index in [1.807, 2.05) is 30.3 Å². The molecule has 1 aliphatic rings. The van der Waals surface area contributed by atoms with Crippen molar-refractivity contribution in [2.75, 3.05) is 0 Å². The maximum atomic E-state index is 9.73. The summed E-state index contributed by atoms with van der Waals surface area (Å²) < 4.78 is 5.74. The summed E-state index contributed by atoms with van der Waals surface area (Å²) in [7, 11) is 0. The maximum absolute atomic E-state index is 9.73. The lowest BCUT2D eigenvalue weighted by atomic mass is 10.1. The molecule has 0 unspecified atom stereocenters. The van der Waals surface area contributed by atoms with Crippen LogP contribution >= 0.6 is 0 Å². The first-order valence-corrected chi connectivity index (χ1v) is 6.15. The molecule has 0 bridgehead atoms. The van der Waals surface area contributed by atoms with Gasteiger partial charge in [-0.1, -0.05) is 6.07 Å². The first-order valence-electron chi connectivity index (χ1n) is 6.15. The van der Waals surface area contributed by atoms with Crippen molar-refractivity contribution in [3.8, 4) is 5.75 Å². The van der Waals surface area contributed by atoms with Gasteiger partial charge in [0.25, 0.3) is 0 Å². The molecule has 1 atom stereocenters. The molecule has 0 aliphatic heterocycles. The quantitative estimate of drug-likeness (QED) is 0.898. The smallest absolute Gasteiger partial charge is 0.120 e. The number of fused-ring (bicyclic) bond motifs is 1. The number of hydrogen-bond donors (Lipinski definition) is 1. The van der Waals surface area contributed by atoms with E-state index < -0.39 is 0 Å². The van der Waals surface area contributed by atoms with E-state index in [-0.39, 0.29) is 6.10 Å². The van der Waals surface area contributed by atoms with E-state index in [1.54, 1.807) is 12.4 Å². The van der Waals surface area contributed by atoms with Crippen LogP contribution in [0.5, 0.6) is 5.75 Å². The molecule has 0 spiro atoms. The lowest BCUT2D eigenvalue weighted by molar-refractivity contribution is 0.180. The zero-order valence-corrected chi connectivity index (χ0v) is 10.0. The van der Waals surface area contributed by atoms with Gasteiger partial charge in [0.2, 0.25) is 0 Å². The first kappa shape index (κ1) is 11.2. The van der Waals surface area contributed by atoms with Gasteiger partial charge in [-0.15, -0.1) is 0 Å². The summed E-state index contributed by atoms with van der Waals surface area (Å²) in [6.45, 7) is 0.545. The minimum Gasteiger partial charge on any atom is -0.489 e. The molecule has 1 heterocycles. The molecular formula is C15H15NO2. The second-order valence-electron chi connectivity index (χ2n) is 4.56. The molecule has 2 aromatic rings. The van der Waals surface area contributed by atoms with E-state index >= 15 is 0 Å². The molecular weight excluding hydrogens is 226 g/mol. The Morgan fingerprint density at radius 2 is 2.06 bits per heavy atom. The fourth-order valence-electron chi connectivity index (χ4n) is 2.31. The number of pyridine rings is 1. The summed E-state index contributed by atoms with van der Waals surface area (Å²) in [6, 6.07) is 9.81. The summed E-state index contributed by atoms with van der Waals surface area (Å²) in [6.07, 6.45) is 4.98. The third kappa shape index (κ3) is 2.22. The van der Waals surface area contributed by atoms with Crippen LogP contribution in [0.15, 0.2) is 42.7 Å². The fraction of sp³-hybridized carbons (Fsp3) is 0.267. The molecule has 1 aromatic carbocycles.